The molecule has 2 nitrogen and oxygen atoms in total. The van der Waals surface area contributed by atoms with Crippen molar-refractivity contribution in [1.82, 2.24) is 5.32 Å². The fraction of sp³-hybridized carbons (Fsp3) is 0.733. The molecule has 0 spiro atoms. The summed E-state index contributed by atoms with van der Waals surface area (Å²) < 4.78 is 6.44. The molecule has 1 heterocycles. The molecule has 4 aliphatic carbocycles. The minimum absolute atomic E-state index is 0.439. The van der Waals surface area contributed by atoms with E-state index in [0.717, 1.165) is 34.7 Å². The van der Waals surface area contributed by atoms with Gasteiger partial charge in [-0.25, -0.2) is 0 Å². The Morgan fingerprint density at radius 1 is 1.11 bits per heavy atom. The zero-order valence-electron chi connectivity index (χ0n) is 10.6. The van der Waals surface area contributed by atoms with Gasteiger partial charge in [0.1, 0.15) is 5.76 Å². The van der Waals surface area contributed by atoms with Crippen LogP contribution in [-0.2, 0) is 6.54 Å². The maximum absolute atomic E-state index is 5.60. The van der Waals surface area contributed by atoms with E-state index in [2.05, 4.69) is 27.3 Å². The molecular formula is C15H20BrNO. The third kappa shape index (κ3) is 1.96. The van der Waals surface area contributed by atoms with E-state index in [1.807, 2.05) is 6.07 Å². The van der Waals surface area contributed by atoms with Crippen molar-refractivity contribution in [3.8, 4) is 0 Å². The fourth-order valence-corrected chi connectivity index (χ4v) is 5.39. The molecule has 1 aromatic heterocycles. The molecule has 98 valence electrons. The summed E-state index contributed by atoms with van der Waals surface area (Å²) in [6, 6.07) is 4.05. The van der Waals surface area contributed by atoms with Crippen LogP contribution in [0.25, 0.3) is 0 Å². The van der Waals surface area contributed by atoms with Gasteiger partial charge in [-0.15, -0.1) is 0 Å². The van der Waals surface area contributed by atoms with E-state index in [0.29, 0.717) is 5.54 Å². The van der Waals surface area contributed by atoms with Crippen LogP contribution in [0.2, 0.25) is 0 Å². The lowest BCUT2D eigenvalue weighted by atomic mass is 9.53. The van der Waals surface area contributed by atoms with Gasteiger partial charge in [0, 0.05) is 5.54 Å². The summed E-state index contributed by atoms with van der Waals surface area (Å²) in [5.41, 5.74) is 0.439. The van der Waals surface area contributed by atoms with Crippen molar-refractivity contribution in [3.63, 3.8) is 0 Å². The van der Waals surface area contributed by atoms with E-state index in [9.17, 15) is 0 Å². The molecule has 1 N–H and O–H groups in total. The van der Waals surface area contributed by atoms with E-state index in [1.165, 1.54) is 38.5 Å². The lowest BCUT2D eigenvalue weighted by Crippen LogP contribution is -2.58. The zero-order chi connectivity index (χ0) is 12.2. The summed E-state index contributed by atoms with van der Waals surface area (Å²) >= 11 is 3.37. The Hall–Kier alpha value is -0.280. The van der Waals surface area contributed by atoms with Gasteiger partial charge in [0.05, 0.1) is 6.54 Å². The largest absolute Gasteiger partial charge is 0.453 e. The van der Waals surface area contributed by atoms with Crippen LogP contribution in [0.1, 0.15) is 44.3 Å². The Morgan fingerprint density at radius 3 is 2.22 bits per heavy atom. The predicted molar refractivity (Wildman–Crippen MR) is 74.2 cm³/mol. The first-order valence-electron chi connectivity index (χ1n) is 7.20. The Labute approximate surface area is 117 Å². The third-order valence-corrected chi connectivity index (χ3v) is 5.73. The molecule has 0 atom stereocenters. The lowest BCUT2D eigenvalue weighted by Gasteiger charge is -2.57. The Balaban J connectivity index is 1.47. The van der Waals surface area contributed by atoms with Crippen molar-refractivity contribution in [2.75, 3.05) is 0 Å². The van der Waals surface area contributed by atoms with Crippen molar-refractivity contribution in [1.29, 1.82) is 0 Å². The lowest BCUT2D eigenvalue weighted by molar-refractivity contribution is -0.0213. The maximum atomic E-state index is 5.60. The summed E-state index contributed by atoms with van der Waals surface area (Å²) in [5, 5.41) is 3.84. The van der Waals surface area contributed by atoms with E-state index in [4.69, 9.17) is 4.42 Å². The van der Waals surface area contributed by atoms with E-state index < -0.39 is 0 Å². The van der Waals surface area contributed by atoms with Gasteiger partial charge in [-0.05, 0) is 84.3 Å². The number of nitrogens with one attached hydrogen (secondary N) is 1. The first kappa shape index (κ1) is 11.5. The molecule has 18 heavy (non-hydrogen) atoms. The van der Waals surface area contributed by atoms with Crippen LogP contribution in [0.5, 0.6) is 0 Å². The monoisotopic (exact) mass is 309 g/mol. The number of furan rings is 1. The van der Waals surface area contributed by atoms with Crippen molar-refractivity contribution < 1.29 is 4.42 Å². The van der Waals surface area contributed by atoms with Crippen LogP contribution in [0.4, 0.5) is 0 Å². The zero-order valence-corrected chi connectivity index (χ0v) is 12.2. The van der Waals surface area contributed by atoms with Gasteiger partial charge >= 0.3 is 0 Å². The molecule has 1 aromatic rings. The maximum Gasteiger partial charge on any atom is 0.169 e. The van der Waals surface area contributed by atoms with Gasteiger partial charge in [0.2, 0.25) is 0 Å². The Bertz CT molecular complexity index is 418. The fourth-order valence-electron chi connectivity index (χ4n) is 5.05. The van der Waals surface area contributed by atoms with Gasteiger partial charge in [0.15, 0.2) is 4.67 Å². The number of hydrogen-bond acceptors (Lipinski definition) is 2. The molecule has 4 aliphatic rings. The Morgan fingerprint density at radius 2 is 1.72 bits per heavy atom. The highest BCUT2D eigenvalue weighted by Gasteiger charge is 2.50. The van der Waals surface area contributed by atoms with Crippen LogP contribution >= 0.6 is 15.9 Å². The second-order valence-corrected chi connectivity index (χ2v) is 7.54. The van der Waals surface area contributed by atoms with Crippen molar-refractivity contribution in [2.45, 2.75) is 50.6 Å². The summed E-state index contributed by atoms with van der Waals surface area (Å²) in [4.78, 5) is 0. The normalized spacial score (nSPS) is 41.5. The molecule has 3 heteroatoms. The minimum atomic E-state index is 0.439. The predicted octanol–water partition coefficient (Wildman–Crippen LogP) is 4.10. The van der Waals surface area contributed by atoms with Crippen LogP contribution in [0.15, 0.2) is 21.2 Å². The van der Waals surface area contributed by atoms with Crippen LogP contribution in [0, 0.1) is 17.8 Å². The minimum Gasteiger partial charge on any atom is -0.453 e. The number of halogens is 1. The van der Waals surface area contributed by atoms with Crippen molar-refractivity contribution >= 4 is 15.9 Å². The third-order valence-electron chi connectivity index (χ3n) is 5.30. The van der Waals surface area contributed by atoms with E-state index in [-0.39, 0.29) is 0 Å². The molecule has 4 saturated carbocycles. The van der Waals surface area contributed by atoms with Gasteiger partial charge in [0.25, 0.3) is 0 Å². The average molecular weight is 310 g/mol. The topological polar surface area (TPSA) is 25.2 Å². The molecule has 0 radical (unpaired) electrons. The van der Waals surface area contributed by atoms with Crippen LogP contribution in [0.3, 0.4) is 0 Å². The highest BCUT2D eigenvalue weighted by atomic mass is 79.9. The average Bonchev–Trinajstić information content (AvgIpc) is 2.71. The quantitative estimate of drug-likeness (QED) is 0.909. The molecule has 5 rings (SSSR count). The molecule has 0 amide bonds. The smallest absolute Gasteiger partial charge is 0.169 e. The molecule has 0 saturated heterocycles. The molecular weight excluding hydrogens is 290 g/mol. The summed E-state index contributed by atoms with van der Waals surface area (Å²) in [7, 11) is 0. The first-order valence-corrected chi connectivity index (χ1v) is 7.99. The molecule has 0 unspecified atom stereocenters. The molecule has 0 aromatic carbocycles. The molecule has 4 bridgehead atoms. The van der Waals surface area contributed by atoms with Gasteiger partial charge < -0.3 is 9.73 Å². The second kappa shape index (κ2) is 4.11. The highest BCUT2D eigenvalue weighted by molar-refractivity contribution is 9.10. The van der Waals surface area contributed by atoms with E-state index in [1.54, 1.807) is 0 Å². The standard InChI is InChI=1S/C15H20BrNO/c16-14-2-1-13(18-14)9-17-15-6-10-3-11(7-15)5-12(4-10)8-15/h1-2,10-12,17H,3-9H2. The SMILES string of the molecule is Brc1ccc(CNC23CC4CC(CC(C4)C2)C3)o1. The number of hydrogen-bond donors (Lipinski definition) is 1. The first-order chi connectivity index (χ1) is 8.71. The molecule has 0 aliphatic heterocycles. The van der Waals surface area contributed by atoms with Crippen molar-refractivity contribution in [3.05, 3.63) is 22.6 Å². The van der Waals surface area contributed by atoms with Gasteiger partial charge in [-0.1, -0.05) is 0 Å². The van der Waals surface area contributed by atoms with Gasteiger partial charge in [-0.2, -0.15) is 0 Å². The number of rotatable bonds is 3. The van der Waals surface area contributed by atoms with E-state index >= 15 is 0 Å². The Kier molecular flexibility index (Phi) is 2.63. The highest BCUT2D eigenvalue weighted by Crippen LogP contribution is 2.55. The summed E-state index contributed by atoms with van der Waals surface area (Å²) in [6.45, 7) is 0.887. The molecule has 4 fully saturated rings. The van der Waals surface area contributed by atoms with Crippen LogP contribution in [-0.4, -0.2) is 5.54 Å². The van der Waals surface area contributed by atoms with Gasteiger partial charge in [-0.3, -0.25) is 0 Å². The summed E-state index contributed by atoms with van der Waals surface area (Å²) in [5.74, 6) is 4.07. The van der Waals surface area contributed by atoms with Crippen LogP contribution < -0.4 is 5.32 Å². The summed E-state index contributed by atoms with van der Waals surface area (Å²) in [6.07, 6.45) is 8.73. The van der Waals surface area contributed by atoms with Crippen molar-refractivity contribution in [2.24, 2.45) is 17.8 Å². The second-order valence-electron chi connectivity index (χ2n) is 6.76.